The molecule has 0 aromatic carbocycles. The summed E-state index contributed by atoms with van der Waals surface area (Å²) in [6.45, 7) is 2.01. The van der Waals surface area contributed by atoms with E-state index in [0.29, 0.717) is 18.1 Å². The van der Waals surface area contributed by atoms with Gasteiger partial charge in [-0.3, -0.25) is 4.79 Å². The van der Waals surface area contributed by atoms with Crippen molar-refractivity contribution in [2.24, 2.45) is 5.92 Å². The Bertz CT molecular complexity index is 342. The van der Waals surface area contributed by atoms with Crippen molar-refractivity contribution in [1.82, 2.24) is 4.90 Å². The van der Waals surface area contributed by atoms with Gasteiger partial charge in [-0.25, -0.2) is 4.79 Å². The second-order valence-electron chi connectivity index (χ2n) is 5.54. The molecule has 5 heteroatoms. The highest BCUT2D eigenvalue weighted by atomic mass is 32.2. The second-order valence-corrected chi connectivity index (χ2v) is 6.75. The van der Waals surface area contributed by atoms with Crippen molar-refractivity contribution in [3.8, 4) is 0 Å². The summed E-state index contributed by atoms with van der Waals surface area (Å²) in [6, 6.07) is -0.619. The van der Waals surface area contributed by atoms with Gasteiger partial charge in [-0.05, 0) is 18.8 Å². The molecule has 1 N–H and O–H groups in total. The highest BCUT2D eigenvalue weighted by Gasteiger charge is 2.40. The summed E-state index contributed by atoms with van der Waals surface area (Å²) in [5.41, 5.74) is 0. The van der Waals surface area contributed by atoms with Crippen molar-refractivity contribution >= 4 is 23.6 Å². The molecule has 4 nitrogen and oxygen atoms in total. The van der Waals surface area contributed by atoms with E-state index in [2.05, 4.69) is 0 Å². The van der Waals surface area contributed by atoms with E-state index in [1.165, 1.54) is 25.7 Å². The summed E-state index contributed by atoms with van der Waals surface area (Å²) in [6.07, 6.45) is 7.32. The van der Waals surface area contributed by atoms with Crippen LogP contribution in [0.15, 0.2) is 0 Å². The normalized spacial score (nSPS) is 27.9. The Hall–Kier alpha value is -0.710. The van der Waals surface area contributed by atoms with E-state index in [4.69, 9.17) is 0 Å². The molecule has 19 heavy (non-hydrogen) atoms. The maximum Gasteiger partial charge on any atom is 0.327 e. The van der Waals surface area contributed by atoms with Gasteiger partial charge in [-0.2, -0.15) is 0 Å². The van der Waals surface area contributed by atoms with Crippen molar-refractivity contribution in [2.75, 3.05) is 5.75 Å². The van der Waals surface area contributed by atoms with Crippen LogP contribution in [0.4, 0.5) is 0 Å². The highest BCUT2D eigenvalue weighted by Crippen LogP contribution is 2.33. The molecule has 1 heterocycles. The van der Waals surface area contributed by atoms with Gasteiger partial charge in [0.05, 0.1) is 5.37 Å². The molecule has 0 aromatic rings. The minimum Gasteiger partial charge on any atom is -0.480 e. The van der Waals surface area contributed by atoms with E-state index in [0.717, 1.165) is 12.8 Å². The summed E-state index contributed by atoms with van der Waals surface area (Å²) in [7, 11) is 0. The Kier molecular flexibility index (Phi) is 5.13. The standard InChI is InChI=1S/C14H23NO3S/c1-2-13-15(11(9-19-13)14(17)18)12(16)8-7-10-5-3-4-6-10/h10-11,13H,2-9H2,1H3,(H,17,18). The van der Waals surface area contributed by atoms with Gasteiger partial charge in [0, 0.05) is 12.2 Å². The first kappa shape index (κ1) is 14.7. The molecule has 0 radical (unpaired) electrons. The van der Waals surface area contributed by atoms with Crippen LogP contribution in [-0.4, -0.2) is 39.1 Å². The average molecular weight is 285 g/mol. The predicted molar refractivity (Wildman–Crippen MR) is 76.0 cm³/mol. The molecule has 2 rings (SSSR count). The van der Waals surface area contributed by atoms with Crippen LogP contribution in [0.2, 0.25) is 0 Å². The van der Waals surface area contributed by atoms with E-state index < -0.39 is 12.0 Å². The first-order valence-electron chi connectivity index (χ1n) is 7.29. The monoisotopic (exact) mass is 285 g/mol. The first-order chi connectivity index (χ1) is 9.13. The average Bonchev–Trinajstić information content (AvgIpc) is 3.04. The van der Waals surface area contributed by atoms with Crippen molar-refractivity contribution in [3.05, 3.63) is 0 Å². The van der Waals surface area contributed by atoms with Crippen molar-refractivity contribution in [2.45, 2.75) is 63.3 Å². The molecule has 2 atom stereocenters. The lowest BCUT2D eigenvalue weighted by atomic mass is 10.0. The van der Waals surface area contributed by atoms with Crippen molar-refractivity contribution in [3.63, 3.8) is 0 Å². The minimum absolute atomic E-state index is 0.0381. The molecule has 0 bridgehead atoms. The molecule has 1 saturated carbocycles. The molecule has 1 aliphatic heterocycles. The third-order valence-electron chi connectivity index (χ3n) is 4.26. The van der Waals surface area contributed by atoms with Gasteiger partial charge in [0.15, 0.2) is 0 Å². The van der Waals surface area contributed by atoms with Gasteiger partial charge in [-0.15, -0.1) is 11.8 Å². The zero-order valence-electron chi connectivity index (χ0n) is 11.5. The summed E-state index contributed by atoms with van der Waals surface area (Å²) < 4.78 is 0. The Balaban J connectivity index is 1.91. The molecule has 0 aromatic heterocycles. The van der Waals surface area contributed by atoms with Crippen LogP contribution < -0.4 is 0 Å². The zero-order chi connectivity index (χ0) is 13.8. The third-order valence-corrected chi connectivity index (χ3v) is 5.71. The second kappa shape index (κ2) is 6.64. The number of thioether (sulfide) groups is 1. The Labute approximate surface area is 118 Å². The number of carbonyl (C=O) groups is 2. The van der Waals surface area contributed by atoms with Crippen LogP contribution >= 0.6 is 11.8 Å². The summed E-state index contributed by atoms with van der Waals surface area (Å²) in [4.78, 5) is 25.2. The number of amides is 1. The van der Waals surface area contributed by atoms with Crippen LogP contribution in [0.5, 0.6) is 0 Å². The fourth-order valence-corrected chi connectivity index (χ4v) is 4.53. The topological polar surface area (TPSA) is 57.6 Å². The van der Waals surface area contributed by atoms with E-state index in [1.807, 2.05) is 6.92 Å². The van der Waals surface area contributed by atoms with E-state index in [-0.39, 0.29) is 11.3 Å². The lowest BCUT2D eigenvalue weighted by Gasteiger charge is -2.27. The lowest BCUT2D eigenvalue weighted by Crippen LogP contribution is -2.45. The van der Waals surface area contributed by atoms with Crippen molar-refractivity contribution in [1.29, 1.82) is 0 Å². The van der Waals surface area contributed by atoms with Gasteiger partial charge >= 0.3 is 5.97 Å². The van der Waals surface area contributed by atoms with Crippen LogP contribution in [0.25, 0.3) is 0 Å². The molecule has 1 aliphatic carbocycles. The molecule has 0 spiro atoms. The number of carboxylic acids is 1. The first-order valence-corrected chi connectivity index (χ1v) is 8.34. The summed E-state index contributed by atoms with van der Waals surface area (Å²) in [5, 5.41) is 9.27. The Morgan fingerprint density at radius 1 is 1.32 bits per heavy atom. The fourth-order valence-electron chi connectivity index (χ4n) is 3.16. The van der Waals surface area contributed by atoms with E-state index in [1.54, 1.807) is 16.7 Å². The van der Waals surface area contributed by atoms with Gasteiger partial charge in [0.25, 0.3) is 0 Å². The molecular formula is C14H23NO3S. The molecule has 2 unspecified atom stereocenters. The largest absolute Gasteiger partial charge is 0.480 e. The molecule has 108 valence electrons. The van der Waals surface area contributed by atoms with Gasteiger partial charge in [-0.1, -0.05) is 32.6 Å². The van der Waals surface area contributed by atoms with Gasteiger partial charge in [0.1, 0.15) is 6.04 Å². The highest BCUT2D eigenvalue weighted by molar-refractivity contribution is 8.00. The Morgan fingerprint density at radius 2 is 2.00 bits per heavy atom. The number of rotatable bonds is 5. The van der Waals surface area contributed by atoms with Gasteiger partial charge in [0.2, 0.25) is 5.91 Å². The quantitative estimate of drug-likeness (QED) is 0.844. The molecule has 1 saturated heterocycles. The SMILES string of the molecule is CCC1SCC(C(=O)O)N1C(=O)CCC1CCCC1. The van der Waals surface area contributed by atoms with Crippen molar-refractivity contribution < 1.29 is 14.7 Å². The molecule has 2 fully saturated rings. The maximum absolute atomic E-state index is 12.3. The number of carbonyl (C=O) groups excluding carboxylic acids is 1. The summed E-state index contributed by atoms with van der Waals surface area (Å²) in [5.74, 6) is 0.389. The number of nitrogens with zero attached hydrogens (tertiary/aromatic N) is 1. The van der Waals surface area contributed by atoms with Crippen LogP contribution in [-0.2, 0) is 9.59 Å². The predicted octanol–water partition coefficient (Wildman–Crippen LogP) is 2.72. The maximum atomic E-state index is 12.3. The van der Waals surface area contributed by atoms with E-state index >= 15 is 0 Å². The molecular weight excluding hydrogens is 262 g/mol. The third kappa shape index (κ3) is 3.44. The molecule has 2 aliphatic rings. The lowest BCUT2D eigenvalue weighted by molar-refractivity contribution is -0.149. The van der Waals surface area contributed by atoms with Crippen LogP contribution in [0.3, 0.4) is 0 Å². The summed E-state index contributed by atoms with van der Waals surface area (Å²) >= 11 is 1.60. The van der Waals surface area contributed by atoms with Crippen LogP contribution in [0.1, 0.15) is 51.9 Å². The number of carboxylic acid groups (broad SMARTS) is 1. The fraction of sp³-hybridized carbons (Fsp3) is 0.857. The number of aliphatic carboxylic acids is 1. The Morgan fingerprint density at radius 3 is 2.58 bits per heavy atom. The van der Waals surface area contributed by atoms with E-state index in [9.17, 15) is 14.7 Å². The number of hydrogen-bond acceptors (Lipinski definition) is 3. The number of hydrogen-bond donors (Lipinski definition) is 1. The van der Waals surface area contributed by atoms with Crippen LogP contribution in [0, 0.1) is 5.92 Å². The minimum atomic E-state index is -0.863. The zero-order valence-corrected chi connectivity index (χ0v) is 12.3. The van der Waals surface area contributed by atoms with Gasteiger partial charge < -0.3 is 10.0 Å². The smallest absolute Gasteiger partial charge is 0.327 e. The molecule has 1 amide bonds.